The minimum absolute atomic E-state index is 0.274. The number of nitrogens with one attached hydrogen (secondary N) is 1. The van der Waals surface area contributed by atoms with Crippen LogP contribution in [0, 0.1) is 0 Å². The van der Waals surface area contributed by atoms with Crippen LogP contribution in [0.2, 0.25) is 0 Å². The number of likely N-dealkylation sites (tertiary alicyclic amines) is 1. The van der Waals surface area contributed by atoms with Crippen LogP contribution in [0.25, 0.3) is 0 Å². The van der Waals surface area contributed by atoms with E-state index in [9.17, 15) is 4.79 Å². The van der Waals surface area contributed by atoms with Gasteiger partial charge in [0.15, 0.2) is 0 Å². The molecule has 6 nitrogen and oxygen atoms in total. The quantitative estimate of drug-likeness (QED) is 0.761. The Morgan fingerprint density at radius 1 is 1.26 bits per heavy atom. The van der Waals surface area contributed by atoms with Gasteiger partial charge in [0.2, 0.25) is 0 Å². The number of carboxylic acids is 1. The predicted molar refractivity (Wildman–Crippen MR) is 73.2 cm³/mol. The first-order valence-corrected chi connectivity index (χ1v) is 6.47. The summed E-state index contributed by atoms with van der Waals surface area (Å²) in [5.41, 5.74) is -0.407. The highest BCUT2D eigenvalue weighted by Gasteiger charge is 2.21. The van der Waals surface area contributed by atoms with E-state index in [1.54, 1.807) is 0 Å². The third kappa shape index (κ3) is 11.5. The zero-order valence-electron chi connectivity index (χ0n) is 12.5. The summed E-state index contributed by atoms with van der Waals surface area (Å²) in [6, 6.07) is 0.274. The van der Waals surface area contributed by atoms with Gasteiger partial charge in [-0.1, -0.05) is 0 Å². The lowest BCUT2D eigenvalue weighted by molar-refractivity contribution is -0.134. The van der Waals surface area contributed by atoms with E-state index in [0.717, 1.165) is 32.9 Å². The molecule has 1 saturated heterocycles. The van der Waals surface area contributed by atoms with E-state index in [4.69, 9.17) is 14.6 Å². The summed E-state index contributed by atoms with van der Waals surface area (Å²) in [5.74, 6) is -0.833. The van der Waals surface area contributed by atoms with Gasteiger partial charge in [0, 0.05) is 13.0 Å². The largest absolute Gasteiger partial charge is 0.481 e. The van der Waals surface area contributed by atoms with Crippen LogP contribution in [0.5, 0.6) is 0 Å². The SMILES string of the molecule is CC(=O)O.CN1CCC(NC(=O)OC(C)(C)C)CC1. The number of carbonyl (C=O) groups excluding carboxylic acids is 1. The maximum absolute atomic E-state index is 11.5. The highest BCUT2D eigenvalue weighted by Crippen LogP contribution is 2.11. The molecule has 0 aliphatic carbocycles. The number of amides is 1. The van der Waals surface area contributed by atoms with Gasteiger partial charge in [0.25, 0.3) is 5.97 Å². The van der Waals surface area contributed by atoms with E-state index in [0.29, 0.717) is 0 Å². The summed E-state index contributed by atoms with van der Waals surface area (Å²) >= 11 is 0. The number of nitrogens with zero attached hydrogens (tertiary/aromatic N) is 1. The number of alkyl carbamates (subject to hydrolysis) is 1. The van der Waals surface area contributed by atoms with Gasteiger partial charge in [-0.25, -0.2) is 4.79 Å². The van der Waals surface area contributed by atoms with Crippen LogP contribution in [0.3, 0.4) is 0 Å². The van der Waals surface area contributed by atoms with Crippen LogP contribution < -0.4 is 5.32 Å². The van der Waals surface area contributed by atoms with Crippen LogP contribution in [-0.2, 0) is 9.53 Å². The normalized spacial score (nSPS) is 17.1. The highest BCUT2D eigenvalue weighted by molar-refractivity contribution is 5.68. The van der Waals surface area contributed by atoms with E-state index < -0.39 is 11.6 Å². The lowest BCUT2D eigenvalue weighted by atomic mass is 10.1. The monoisotopic (exact) mass is 274 g/mol. The number of rotatable bonds is 1. The first-order valence-electron chi connectivity index (χ1n) is 6.47. The second kappa shape index (κ2) is 7.99. The van der Waals surface area contributed by atoms with Crippen molar-refractivity contribution >= 4 is 12.1 Å². The number of ether oxygens (including phenoxy) is 1. The van der Waals surface area contributed by atoms with E-state index in [1.165, 1.54) is 0 Å². The summed E-state index contributed by atoms with van der Waals surface area (Å²) in [5, 5.41) is 10.3. The molecule has 19 heavy (non-hydrogen) atoms. The van der Waals surface area contributed by atoms with Gasteiger partial charge in [-0.05, 0) is 53.8 Å². The number of aliphatic carboxylic acids is 1. The zero-order valence-corrected chi connectivity index (χ0v) is 12.5. The first kappa shape index (κ1) is 17.7. The first-order chi connectivity index (χ1) is 8.60. The molecule has 0 atom stereocenters. The summed E-state index contributed by atoms with van der Waals surface area (Å²) in [4.78, 5) is 22.7. The Labute approximate surface area is 115 Å². The maximum Gasteiger partial charge on any atom is 0.407 e. The Morgan fingerprint density at radius 2 is 1.68 bits per heavy atom. The fourth-order valence-electron chi connectivity index (χ4n) is 1.63. The van der Waals surface area contributed by atoms with Crippen molar-refractivity contribution in [1.82, 2.24) is 10.2 Å². The van der Waals surface area contributed by atoms with Gasteiger partial charge in [0.1, 0.15) is 5.60 Å². The lowest BCUT2D eigenvalue weighted by Gasteiger charge is -2.30. The maximum atomic E-state index is 11.5. The van der Waals surface area contributed by atoms with Gasteiger partial charge in [-0.15, -0.1) is 0 Å². The second-order valence-electron chi connectivity index (χ2n) is 5.74. The molecule has 0 radical (unpaired) electrons. The van der Waals surface area contributed by atoms with Crippen LogP contribution >= 0.6 is 0 Å². The molecule has 0 aromatic rings. The number of piperidine rings is 1. The third-order valence-electron chi connectivity index (χ3n) is 2.44. The number of hydrogen-bond acceptors (Lipinski definition) is 4. The van der Waals surface area contributed by atoms with Crippen LogP contribution in [0.15, 0.2) is 0 Å². The smallest absolute Gasteiger partial charge is 0.407 e. The Bertz CT molecular complexity index is 288. The molecule has 0 aromatic carbocycles. The van der Waals surface area contributed by atoms with E-state index in [-0.39, 0.29) is 12.1 Å². The summed E-state index contributed by atoms with van der Waals surface area (Å²) in [6.45, 7) is 8.80. The second-order valence-corrected chi connectivity index (χ2v) is 5.74. The van der Waals surface area contributed by atoms with Gasteiger partial charge in [-0.2, -0.15) is 0 Å². The summed E-state index contributed by atoms with van der Waals surface area (Å²) < 4.78 is 5.20. The molecule has 1 amide bonds. The fraction of sp³-hybridized carbons (Fsp3) is 0.846. The molecule has 1 rings (SSSR count). The zero-order chi connectivity index (χ0) is 15.1. The third-order valence-corrected chi connectivity index (χ3v) is 2.44. The molecule has 0 spiro atoms. The molecule has 1 aliphatic rings. The molecule has 6 heteroatoms. The Balaban J connectivity index is 0.000000711. The van der Waals surface area contributed by atoms with E-state index in [2.05, 4.69) is 17.3 Å². The topological polar surface area (TPSA) is 78.9 Å². The average molecular weight is 274 g/mol. The minimum atomic E-state index is -0.833. The molecular weight excluding hydrogens is 248 g/mol. The van der Waals surface area contributed by atoms with Crippen molar-refractivity contribution in [3.8, 4) is 0 Å². The van der Waals surface area contributed by atoms with E-state index in [1.807, 2.05) is 20.8 Å². The number of carbonyl (C=O) groups is 2. The van der Waals surface area contributed by atoms with Crippen molar-refractivity contribution in [1.29, 1.82) is 0 Å². The van der Waals surface area contributed by atoms with Gasteiger partial charge >= 0.3 is 6.09 Å². The van der Waals surface area contributed by atoms with Crippen molar-refractivity contribution < 1.29 is 19.4 Å². The van der Waals surface area contributed by atoms with Gasteiger partial charge in [0.05, 0.1) is 0 Å². The Hall–Kier alpha value is -1.30. The van der Waals surface area contributed by atoms with Crippen LogP contribution in [0.1, 0.15) is 40.5 Å². The number of carboxylic acid groups (broad SMARTS) is 1. The molecule has 112 valence electrons. The Morgan fingerprint density at radius 3 is 2.05 bits per heavy atom. The molecule has 0 aromatic heterocycles. The molecule has 1 heterocycles. The number of hydrogen-bond donors (Lipinski definition) is 2. The molecule has 1 aliphatic heterocycles. The van der Waals surface area contributed by atoms with Crippen molar-refractivity contribution in [2.45, 2.75) is 52.2 Å². The predicted octanol–water partition coefficient (Wildman–Crippen LogP) is 1.70. The van der Waals surface area contributed by atoms with Crippen molar-refractivity contribution in [2.75, 3.05) is 20.1 Å². The van der Waals surface area contributed by atoms with Gasteiger partial charge in [-0.3, -0.25) is 4.79 Å². The lowest BCUT2D eigenvalue weighted by Crippen LogP contribution is -2.45. The molecule has 1 fully saturated rings. The highest BCUT2D eigenvalue weighted by atomic mass is 16.6. The summed E-state index contributed by atoms with van der Waals surface area (Å²) in [6.07, 6.45) is 1.72. The van der Waals surface area contributed by atoms with Gasteiger partial charge < -0.3 is 20.1 Å². The van der Waals surface area contributed by atoms with Crippen molar-refractivity contribution in [3.05, 3.63) is 0 Å². The van der Waals surface area contributed by atoms with E-state index >= 15 is 0 Å². The van der Waals surface area contributed by atoms with Crippen LogP contribution in [0.4, 0.5) is 4.79 Å². The standard InChI is InChI=1S/C11H22N2O2.C2H4O2/c1-11(2,3)15-10(14)12-9-5-7-13(4)8-6-9;1-2(3)4/h9H,5-8H2,1-4H3,(H,12,14);1H3,(H,3,4). The summed E-state index contributed by atoms with van der Waals surface area (Å²) in [7, 11) is 2.10. The fourth-order valence-corrected chi connectivity index (χ4v) is 1.63. The molecule has 2 N–H and O–H groups in total. The molecule has 0 saturated carbocycles. The van der Waals surface area contributed by atoms with Crippen LogP contribution in [-0.4, -0.2) is 53.8 Å². The molecular formula is C13H26N2O4. The molecule has 0 bridgehead atoms. The average Bonchev–Trinajstić information content (AvgIpc) is 2.17. The minimum Gasteiger partial charge on any atom is -0.481 e. The molecule has 0 unspecified atom stereocenters. The van der Waals surface area contributed by atoms with Crippen molar-refractivity contribution in [3.63, 3.8) is 0 Å². The Kier molecular flexibility index (Phi) is 7.44. The van der Waals surface area contributed by atoms with Crippen molar-refractivity contribution in [2.24, 2.45) is 0 Å².